The van der Waals surface area contributed by atoms with Crippen LogP contribution in [-0.4, -0.2) is 44.6 Å². The van der Waals surface area contributed by atoms with Crippen LogP contribution in [0.5, 0.6) is 28.7 Å². The highest BCUT2D eigenvalue weighted by atomic mass is 19.1. The van der Waals surface area contributed by atoms with E-state index in [2.05, 4.69) is 5.32 Å². The van der Waals surface area contributed by atoms with E-state index in [-0.39, 0.29) is 36.2 Å². The number of fused-ring (bicyclic) bond motifs is 3. The number of phenolic OH excluding ortho intramolecular Hbond substituents is 1. The molecule has 0 spiro atoms. The van der Waals surface area contributed by atoms with Crippen molar-refractivity contribution >= 4 is 11.9 Å². The van der Waals surface area contributed by atoms with E-state index >= 15 is 0 Å². The van der Waals surface area contributed by atoms with E-state index in [0.717, 1.165) is 0 Å². The van der Waals surface area contributed by atoms with Crippen LogP contribution in [-0.2, 0) is 9.53 Å². The lowest BCUT2D eigenvalue weighted by molar-refractivity contribution is -0.141. The minimum Gasteiger partial charge on any atom is -0.502 e. The van der Waals surface area contributed by atoms with Crippen LogP contribution in [0.2, 0.25) is 0 Å². The fourth-order valence-electron chi connectivity index (χ4n) is 5.71. The highest BCUT2D eigenvalue weighted by molar-refractivity contribution is 5.95. The van der Waals surface area contributed by atoms with Crippen LogP contribution in [0, 0.1) is 17.7 Å². The second-order valence-corrected chi connectivity index (χ2v) is 9.34. The van der Waals surface area contributed by atoms with E-state index in [1.54, 1.807) is 30.3 Å². The highest BCUT2D eigenvalue weighted by Crippen LogP contribution is 2.55. The molecular weight excluding hydrogens is 497 g/mol. The molecule has 196 valence electrons. The zero-order chi connectivity index (χ0) is 26.6. The summed E-state index contributed by atoms with van der Waals surface area (Å²) in [5.41, 5.74) is 1.92. The fourth-order valence-corrected chi connectivity index (χ4v) is 5.71. The molecule has 9 nitrogen and oxygen atoms in total. The Bertz CT molecular complexity index is 1430. The molecule has 3 aromatic rings. The average Bonchev–Trinajstić information content (AvgIpc) is 3.54. The van der Waals surface area contributed by atoms with Gasteiger partial charge in [-0.3, -0.25) is 9.59 Å². The molecule has 1 saturated heterocycles. The predicted molar refractivity (Wildman–Crippen MR) is 130 cm³/mol. The Morgan fingerprint density at radius 3 is 2.32 bits per heavy atom. The summed E-state index contributed by atoms with van der Waals surface area (Å²) in [7, 11) is 2.85. The number of halogens is 1. The first-order chi connectivity index (χ1) is 18.4. The number of amides is 1. The largest absolute Gasteiger partial charge is 0.502 e. The first-order valence-electron chi connectivity index (χ1n) is 12.0. The summed E-state index contributed by atoms with van der Waals surface area (Å²) in [5.74, 6) is -2.23. The van der Waals surface area contributed by atoms with Gasteiger partial charge in [0.25, 0.3) is 5.91 Å². The summed E-state index contributed by atoms with van der Waals surface area (Å²) in [4.78, 5) is 26.4. The maximum absolute atomic E-state index is 14.4. The number of carbonyl (C=O) groups is 2. The highest BCUT2D eigenvalue weighted by Gasteiger charge is 2.53. The number of phenols is 1. The number of carbonyl (C=O) groups excluding carboxylic acids is 2. The molecule has 4 atom stereocenters. The van der Waals surface area contributed by atoms with Gasteiger partial charge in [-0.2, -0.15) is 0 Å². The predicted octanol–water partition coefficient (Wildman–Crippen LogP) is 3.68. The number of ether oxygens (including phenoxy) is 5. The molecule has 1 amide bonds. The van der Waals surface area contributed by atoms with Crippen molar-refractivity contribution in [3.63, 3.8) is 0 Å². The summed E-state index contributed by atoms with van der Waals surface area (Å²) < 4.78 is 42.0. The molecule has 1 aliphatic carbocycles. The Kier molecular flexibility index (Phi) is 5.74. The summed E-state index contributed by atoms with van der Waals surface area (Å²) in [6.45, 7) is 0.0906. The monoisotopic (exact) mass is 521 g/mol. The maximum Gasteiger partial charge on any atom is 0.310 e. The molecule has 3 aromatic carbocycles. The van der Waals surface area contributed by atoms with E-state index in [1.165, 1.54) is 32.4 Å². The van der Waals surface area contributed by atoms with Gasteiger partial charge in [0.05, 0.1) is 38.3 Å². The lowest BCUT2D eigenvalue weighted by Gasteiger charge is -2.39. The Labute approximate surface area is 217 Å². The number of cyclic esters (lactones) is 1. The van der Waals surface area contributed by atoms with Gasteiger partial charge in [0.15, 0.2) is 23.0 Å². The molecule has 2 aliphatic heterocycles. The van der Waals surface area contributed by atoms with Gasteiger partial charge in [-0.05, 0) is 53.1 Å². The molecule has 0 saturated carbocycles. The van der Waals surface area contributed by atoms with Crippen LogP contribution in [0.3, 0.4) is 0 Å². The van der Waals surface area contributed by atoms with Gasteiger partial charge in [-0.15, -0.1) is 0 Å². The summed E-state index contributed by atoms with van der Waals surface area (Å²) in [5, 5.41) is 13.4. The number of aromatic hydroxyl groups is 1. The summed E-state index contributed by atoms with van der Waals surface area (Å²) in [6, 6.07) is 11.9. The van der Waals surface area contributed by atoms with Crippen molar-refractivity contribution in [2.45, 2.75) is 12.0 Å². The Balaban J connectivity index is 1.52. The van der Waals surface area contributed by atoms with Crippen LogP contribution in [0.15, 0.2) is 48.5 Å². The third kappa shape index (κ3) is 3.67. The molecule has 2 N–H and O–H groups in total. The van der Waals surface area contributed by atoms with E-state index in [1.807, 2.05) is 0 Å². The standard InChI is InChI=1S/C28H24FNO8/c1-34-21-7-13(8-22(35-2)26(21)31)23-15-9-19-20(38-12-37-19)10-16(15)25(17-11-36-28(33)24(17)23)30-27(32)14-5-3-4-6-18(14)29/h3-10,17,23-25,31H,11-12H2,1-2H3,(H,30,32)/t17-,23+,24-,25+/m0/s1. The lowest BCUT2D eigenvalue weighted by atomic mass is 9.65. The molecule has 10 heteroatoms. The molecule has 1 fully saturated rings. The Morgan fingerprint density at radius 2 is 1.66 bits per heavy atom. The van der Waals surface area contributed by atoms with Crippen molar-refractivity contribution in [1.29, 1.82) is 0 Å². The third-order valence-electron chi connectivity index (χ3n) is 7.45. The van der Waals surface area contributed by atoms with Crippen LogP contribution in [0.4, 0.5) is 4.39 Å². The van der Waals surface area contributed by atoms with Crippen molar-refractivity contribution in [3.05, 3.63) is 76.6 Å². The normalized spacial score (nSPS) is 22.8. The molecular formula is C28H24FNO8. The van der Waals surface area contributed by atoms with Crippen molar-refractivity contribution in [2.24, 2.45) is 11.8 Å². The number of hydrogen-bond acceptors (Lipinski definition) is 8. The van der Waals surface area contributed by atoms with E-state index in [9.17, 15) is 19.1 Å². The summed E-state index contributed by atoms with van der Waals surface area (Å²) in [6.07, 6.45) is 0. The molecule has 0 unspecified atom stereocenters. The van der Waals surface area contributed by atoms with Crippen LogP contribution in [0.25, 0.3) is 0 Å². The molecule has 6 rings (SSSR count). The molecule has 3 aliphatic rings. The molecule has 38 heavy (non-hydrogen) atoms. The SMILES string of the molecule is COc1cc([C@@H]2c3cc4c(cc3[C@@H](NC(=O)c3ccccc3F)[C@H]3COC(=O)[C@H]23)OCO4)cc(OC)c1O. The Morgan fingerprint density at radius 1 is 1.00 bits per heavy atom. The molecule has 0 bridgehead atoms. The van der Waals surface area contributed by atoms with Crippen LogP contribution >= 0.6 is 0 Å². The molecule has 0 aromatic heterocycles. The zero-order valence-corrected chi connectivity index (χ0v) is 20.5. The van der Waals surface area contributed by atoms with Crippen LogP contribution < -0.4 is 24.3 Å². The second kappa shape index (κ2) is 9.13. The Hall–Kier alpha value is -4.47. The number of esters is 1. The van der Waals surface area contributed by atoms with Crippen LogP contribution in [0.1, 0.15) is 39.0 Å². The average molecular weight is 521 g/mol. The smallest absolute Gasteiger partial charge is 0.310 e. The first kappa shape index (κ1) is 23.9. The van der Waals surface area contributed by atoms with E-state index < -0.39 is 41.5 Å². The number of nitrogens with one attached hydrogen (secondary N) is 1. The summed E-state index contributed by atoms with van der Waals surface area (Å²) >= 11 is 0. The van der Waals surface area contributed by atoms with Gasteiger partial charge < -0.3 is 34.1 Å². The van der Waals surface area contributed by atoms with Gasteiger partial charge >= 0.3 is 5.97 Å². The minimum absolute atomic E-state index is 0.0326. The number of rotatable bonds is 5. The van der Waals surface area contributed by atoms with Gasteiger partial charge in [-0.25, -0.2) is 4.39 Å². The topological polar surface area (TPSA) is 113 Å². The maximum atomic E-state index is 14.4. The van der Waals surface area contributed by atoms with Gasteiger partial charge in [-0.1, -0.05) is 12.1 Å². The second-order valence-electron chi connectivity index (χ2n) is 9.34. The minimum atomic E-state index is -0.701. The van der Waals surface area contributed by atoms with E-state index in [4.69, 9.17) is 23.7 Å². The van der Waals surface area contributed by atoms with Gasteiger partial charge in [0.1, 0.15) is 5.82 Å². The number of hydrogen-bond donors (Lipinski definition) is 2. The van der Waals surface area contributed by atoms with Gasteiger partial charge in [0, 0.05) is 11.8 Å². The van der Waals surface area contributed by atoms with E-state index in [0.29, 0.717) is 28.2 Å². The lowest BCUT2D eigenvalue weighted by Crippen LogP contribution is -2.43. The fraction of sp³-hybridized carbons (Fsp3) is 0.286. The molecule has 0 radical (unpaired) electrons. The number of benzene rings is 3. The van der Waals surface area contributed by atoms with Crippen molar-refractivity contribution in [1.82, 2.24) is 5.32 Å². The van der Waals surface area contributed by atoms with Gasteiger partial charge in [0.2, 0.25) is 12.5 Å². The molecule has 2 heterocycles. The quantitative estimate of drug-likeness (QED) is 0.489. The first-order valence-corrected chi connectivity index (χ1v) is 12.0. The van der Waals surface area contributed by atoms with Crippen molar-refractivity contribution < 1.29 is 42.8 Å². The number of methoxy groups -OCH3 is 2. The zero-order valence-electron chi connectivity index (χ0n) is 20.5. The third-order valence-corrected chi connectivity index (χ3v) is 7.45. The van der Waals surface area contributed by atoms with Crippen molar-refractivity contribution in [2.75, 3.05) is 27.6 Å². The van der Waals surface area contributed by atoms with Crippen molar-refractivity contribution in [3.8, 4) is 28.7 Å².